The summed E-state index contributed by atoms with van der Waals surface area (Å²) in [6.07, 6.45) is -0.715. The molecule has 2 N–H and O–H groups in total. The second kappa shape index (κ2) is 6.07. The SMILES string of the molecule is Cc1cc(C(=O)N[C@@H](C)CNC(=O)C23CC(CC(F)F)(C2)C3)n(C)n1. The Kier molecular flexibility index (Phi) is 4.33. The van der Waals surface area contributed by atoms with Crippen LogP contribution in [0.4, 0.5) is 8.78 Å². The number of amides is 2. The maximum atomic E-state index is 12.5. The van der Waals surface area contributed by atoms with Gasteiger partial charge >= 0.3 is 0 Å². The molecule has 1 aromatic heterocycles. The fourth-order valence-electron chi connectivity index (χ4n) is 4.39. The van der Waals surface area contributed by atoms with Gasteiger partial charge in [-0.05, 0) is 44.6 Å². The zero-order valence-electron chi connectivity index (χ0n) is 14.7. The van der Waals surface area contributed by atoms with Gasteiger partial charge in [-0.15, -0.1) is 0 Å². The van der Waals surface area contributed by atoms with Gasteiger partial charge in [0.2, 0.25) is 12.3 Å². The second-order valence-corrected chi connectivity index (χ2v) is 7.78. The molecule has 0 spiro atoms. The van der Waals surface area contributed by atoms with Gasteiger partial charge in [0.25, 0.3) is 5.91 Å². The fraction of sp³-hybridized carbons (Fsp3) is 0.706. The highest BCUT2D eigenvalue weighted by molar-refractivity contribution is 5.93. The van der Waals surface area contributed by atoms with Crippen molar-refractivity contribution in [2.45, 2.75) is 52.0 Å². The molecule has 1 aromatic rings. The van der Waals surface area contributed by atoms with Gasteiger partial charge in [-0.2, -0.15) is 5.10 Å². The van der Waals surface area contributed by atoms with Gasteiger partial charge < -0.3 is 10.6 Å². The molecule has 1 heterocycles. The van der Waals surface area contributed by atoms with Crippen molar-refractivity contribution in [2.75, 3.05) is 6.54 Å². The molecular weight excluding hydrogens is 330 g/mol. The first-order chi connectivity index (χ1) is 11.6. The number of aromatic nitrogens is 2. The zero-order chi connectivity index (χ0) is 18.4. The third kappa shape index (κ3) is 3.26. The van der Waals surface area contributed by atoms with E-state index in [9.17, 15) is 18.4 Å². The molecule has 1 atom stereocenters. The summed E-state index contributed by atoms with van der Waals surface area (Å²) in [5, 5.41) is 9.80. The maximum Gasteiger partial charge on any atom is 0.269 e. The summed E-state index contributed by atoms with van der Waals surface area (Å²) >= 11 is 0. The number of hydrogen-bond acceptors (Lipinski definition) is 3. The van der Waals surface area contributed by atoms with Crippen LogP contribution in [-0.4, -0.2) is 40.6 Å². The summed E-state index contributed by atoms with van der Waals surface area (Å²) in [4.78, 5) is 24.5. The Balaban J connectivity index is 1.43. The van der Waals surface area contributed by atoms with Gasteiger partial charge in [-0.3, -0.25) is 14.3 Å². The molecule has 25 heavy (non-hydrogen) atoms. The molecular formula is C17H24F2N4O2. The molecule has 8 heteroatoms. The molecule has 3 aliphatic carbocycles. The van der Waals surface area contributed by atoms with E-state index in [4.69, 9.17) is 0 Å². The smallest absolute Gasteiger partial charge is 0.269 e. The van der Waals surface area contributed by atoms with Crippen LogP contribution in [0.5, 0.6) is 0 Å². The summed E-state index contributed by atoms with van der Waals surface area (Å²) in [5.41, 5.74) is 0.472. The molecule has 2 bridgehead atoms. The number of carbonyl (C=O) groups is 2. The number of aryl methyl sites for hydroxylation is 2. The minimum Gasteiger partial charge on any atom is -0.354 e. The van der Waals surface area contributed by atoms with Crippen LogP contribution < -0.4 is 10.6 Å². The van der Waals surface area contributed by atoms with Crippen molar-refractivity contribution in [3.8, 4) is 0 Å². The van der Waals surface area contributed by atoms with Crippen molar-refractivity contribution in [2.24, 2.45) is 17.9 Å². The quantitative estimate of drug-likeness (QED) is 0.784. The second-order valence-electron chi connectivity index (χ2n) is 7.78. The van der Waals surface area contributed by atoms with Crippen molar-refractivity contribution in [3.05, 3.63) is 17.5 Å². The molecule has 2 amide bonds. The van der Waals surface area contributed by atoms with Crippen LogP contribution in [-0.2, 0) is 11.8 Å². The van der Waals surface area contributed by atoms with Gasteiger partial charge in [0.15, 0.2) is 0 Å². The van der Waals surface area contributed by atoms with E-state index in [0.29, 0.717) is 31.5 Å². The molecule has 0 saturated heterocycles. The van der Waals surface area contributed by atoms with E-state index in [2.05, 4.69) is 15.7 Å². The van der Waals surface area contributed by atoms with E-state index in [0.717, 1.165) is 5.69 Å². The summed E-state index contributed by atoms with van der Waals surface area (Å²) < 4.78 is 26.5. The Labute approximate surface area is 145 Å². The van der Waals surface area contributed by atoms with Gasteiger partial charge in [-0.25, -0.2) is 8.78 Å². The number of nitrogens with zero attached hydrogens (tertiary/aromatic N) is 2. The van der Waals surface area contributed by atoms with E-state index >= 15 is 0 Å². The van der Waals surface area contributed by atoms with Crippen molar-refractivity contribution in [1.82, 2.24) is 20.4 Å². The zero-order valence-corrected chi connectivity index (χ0v) is 14.7. The highest BCUT2D eigenvalue weighted by Crippen LogP contribution is 2.75. The van der Waals surface area contributed by atoms with Crippen molar-refractivity contribution in [3.63, 3.8) is 0 Å². The van der Waals surface area contributed by atoms with E-state index in [1.54, 1.807) is 13.1 Å². The molecule has 3 saturated carbocycles. The Morgan fingerprint density at radius 3 is 2.52 bits per heavy atom. The first kappa shape index (κ1) is 17.8. The molecule has 0 radical (unpaired) electrons. The molecule has 138 valence electrons. The summed E-state index contributed by atoms with van der Waals surface area (Å²) in [6.45, 7) is 3.93. The topological polar surface area (TPSA) is 76.0 Å². The molecule has 3 fully saturated rings. The van der Waals surface area contributed by atoms with Crippen molar-refractivity contribution >= 4 is 11.8 Å². The normalized spacial score (nSPS) is 28.1. The van der Waals surface area contributed by atoms with E-state index in [-0.39, 0.29) is 29.7 Å². The van der Waals surface area contributed by atoms with Crippen LogP contribution in [0.25, 0.3) is 0 Å². The number of rotatable bonds is 7. The Hall–Kier alpha value is -1.99. The van der Waals surface area contributed by atoms with Crippen LogP contribution in [0.15, 0.2) is 6.07 Å². The monoisotopic (exact) mass is 354 g/mol. The van der Waals surface area contributed by atoms with Crippen molar-refractivity contribution in [1.29, 1.82) is 0 Å². The lowest BCUT2D eigenvalue weighted by atomic mass is 9.34. The van der Waals surface area contributed by atoms with Crippen LogP contribution in [0.3, 0.4) is 0 Å². The van der Waals surface area contributed by atoms with Crippen LogP contribution >= 0.6 is 0 Å². The maximum absolute atomic E-state index is 12.5. The molecule has 4 rings (SSSR count). The minimum absolute atomic E-state index is 0.0823. The summed E-state index contributed by atoms with van der Waals surface area (Å²) in [7, 11) is 1.70. The lowest BCUT2D eigenvalue weighted by Crippen LogP contribution is -2.68. The average molecular weight is 354 g/mol. The number of nitrogens with one attached hydrogen (secondary N) is 2. The van der Waals surface area contributed by atoms with Gasteiger partial charge in [0.1, 0.15) is 5.69 Å². The number of hydrogen-bond donors (Lipinski definition) is 2. The Morgan fingerprint density at radius 2 is 2.00 bits per heavy atom. The summed E-state index contributed by atoms with van der Waals surface area (Å²) in [5.74, 6) is -0.327. The van der Waals surface area contributed by atoms with E-state index < -0.39 is 11.8 Å². The van der Waals surface area contributed by atoms with E-state index in [1.807, 2.05) is 13.8 Å². The van der Waals surface area contributed by atoms with Crippen LogP contribution in [0.2, 0.25) is 0 Å². The first-order valence-electron chi connectivity index (χ1n) is 8.53. The van der Waals surface area contributed by atoms with Gasteiger partial charge in [0, 0.05) is 26.1 Å². The summed E-state index contributed by atoms with van der Waals surface area (Å²) in [6, 6.07) is 1.46. The first-order valence-corrected chi connectivity index (χ1v) is 8.53. The lowest BCUT2D eigenvalue weighted by Gasteiger charge is -2.69. The standard InChI is InChI=1S/C17H24F2N4O2/c1-10-4-12(23(3)22-10)14(24)21-11(2)6-20-15(25)17-7-16(8-17,9-17)5-13(18)19/h4,11,13H,5-9H2,1-3H3,(H,20,25)(H,21,24)/t11-,16?,17?/m0/s1. The predicted molar refractivity (Wildman–Crippen MR) is 87.2 cm³/mol. The van der Waals surface area contributed by atoms with Crippen molar-refractivity contribution < 1.29 is 18.4 Å². The molecule has 0 aromatic carbocycles. The largest absolute Gasteiger partial charge is 0.354 e. The third-order valence-corrected chi connectivity index (χ3v) is 5.39. The van der Waals surface area contributed by atoms with Crippen LogP contribution in [0.1, 0.15) is 48.8 Å². The van der Waals surface area contributed by atoms with E-state index in [1.165, 1.54) is 4.68 Å². The highest BCUT2D eigenvalue weighted by atomic mass is 19.3. The fourth-order valence-corrected chi connectivity index (χ4v) is 4.39. The van der Waals surface area contributed by atoms with Crippen LogP contribution in [0, 0.1) is 17.8 Å². The average Bonchev–Trinajstić information content (AvgIpc) is 2.77. The highest BCUT2D eigenvalue weighted by Gasteiger charge is 2.71. The van der Waals surface area contributed by atoms with Gasteiger partial charge in [-0.1, -0.05) is 0 Å². The Morgan fingerprint density at radius 1 is 1.36 bits per heavy atom. The molecule has 0 aliphatic heterocycles. The van der Waals surface area contributed by atoms with Gasteiger partial charge in [0.05, 0.1) is 11.1 Å². The molecule has 0 unspecified atom stereocenters. The number of halogens is 2. The minimum atomic E-state index is -2.30. The lowest BCUT2D eigenvalue weighted by molar-refractivity contribution is -0.219. The third-order valence-electron chi connectivity index (χ3n) is 5.39. The molecule has 6 nitrogen and oxygen atoms in total. The Bertz CT molecular complexity index is 681. The number of carbonyl (C=O) groups excluding carboxylic acids is 2. The predicted octanol–water partition coefficient (Wildman–Crippen LogP) is 1.79. The number of alkyl halides is 2. The molecule has 3 aliphatic rings.